The fourth-order valence-corrected chi connectivity index (χ4v) is 4.56. The van der Waals surface area contributed by atoms with Crippen molar-refractivity contribution in [2.45, 2.75) is 33.2 Å². The van der Waals surface area contributed by atoms with Crippen LogP contribution in [0.3, 0.4) is 0 Å². The maximum atomic E-state index is 16.1. The van der Waals surface area contributed by atoms with Gasteiger partial charge in [-0.1, -0.05) is 43.3 Å². The topological polar surface area (TPSA) is 63.2 Å². The molecule has 0 saturated carbocycles. The minimum atomic E-state index is -0.448. The van der Waals surface area contributed by atoms with Gasteiger partial charge in [0.25, 0.3) is 0 Å². The van der Waals surface area contributed by atoms with Gasteiger partial charge in [0.2, 0.25) is 0 Å². The molecular weight excluding hydrogens is 417 g/mol. The van der Waals surface area contributed by atoms with Gasteiger partial charge in [-0.15, -0.1) is 0 Å². The number of anilines is 1. The summed E-state index contributed by atoms with van der Waals surface area (Å²) in [7, 11) is 0. The molecule has 1 aliphatic rings. The quantitative estimate of drug-likeness (QED) is 0.472. The Morgan fingerprint density at radius 3 is 2.79 bits per heavy atom. The van der Waals surface area contributed by atoms with Crippen molar-refractivity contribution in [3.8, 4) is 17.3 Å². The van der Waals surface area contributed by atoms with E-state index in [1.165, 1.54) is 0 Å². The van der Waals surface area contributed by atoms with E-state index in [2.05, 4.69) is 32.1 Å². The Morgan fingerprint density at radius 2 is 2.00 bits per heavy atom. The van der Waals surface area contributed by atoms with Gasteiger partial charge >= 0.3 is 6.01 Å². The summed E-state index contributed by atoms with van der Waals surface area (Å²) in [6.07, 6.45) is 2.53. The summed E-state index contributed by atoms with van der Waals surface area (Å²) in [5, 5.41) is 6.09. The summed E-state index contributed by atoms with van der Waals surface area (Å²) in [6, 6.07) is 12.5. The minimum Gasteiger partial charge on any atom is -0.463 e. The molecule has 4 aromatic rings. The molecule has 6 nitrogen and oxygen atoms in total. The second kappa shape index (κ2) is 8.90. The van der Waals surface area contributed by atoms with E-state index in [4.69, 9.17) is 4.74 Å². The predicted octanol–water partition coefficient (Wildman–Crippen LogP) is 4.88. The standard InChI is InChI=1S/C26H28FN5O/c1-4-13-33-26-30-24-20(25(31-26)32-12-11-28-17(3)15-32)14-29-23(22(24)27)19-10-6-9-18-8-5-7-16(2)21(18)19/h5-10,14,17,28H,4,11-13,15H2,1-3H3/t17-/m0/s1. The minimum absolute atomic E-state index is 0.204. The fourth-order valence-electron chi connectivity index (χ4n) is 4.56. The van der Waals surface area contributed by atoms with Crippen LogP contribution in [0.15, 0.2) is 42.6 Å². The highest BCUT2D eigenvalue weighted by molar-refractivity contribution is 6.00. The normalized spacial score (nSPS) is 16.5. The first-order valence-electron chi connectivity index (χ1n) is 11.5. The third-order valence-corrected chi connectivity index (χ3v) is 6.12. The molecular formula is C26H28FN5O. The van der Waals surface area contributed by atoms with Gasteiger partial charge < -0.3 is 15.0 Å². The predicted molar refractivity (Wildman–Crippen MR) is 130 cm³/mol. The number of hydrogen-bond donors (Lipinski definition) is 1. The van der Waals surface area contributed by atoms with Crippen LogP contribution in [0.25, 0.3) is 32.9 Å². The molecule has 0 amide bonds. The van der Waals surface area contributed by atoms with Crippen LogP contribution in [0.1, 0.15) is 25.8 Å². The number of benzene rings is 2. The van der Waals surface area contributed by atoms with Gasteiger partial charge in [0, 0.05) is 37.4 Å². The summed E-state index contributed by atoms with van der Waals surface area (Å²) in [5.74, 6) is 0.225. The monoisotopic (exact) mass is 445 g/mol. The Labute approximate surface area is 192 Å². The second-order valence-electron chi connectivity index (χ2n) is 8.64. The van der Waals surface area contributed by atoms with Crippen molar-refractivity contribution in [2.75, 3.05) is 31.1 Å². The molecule has 0 unspecified atom stereocenters. The zero-order chi connectivity index (χ0) is 22.9. The molecule has 1 atom stereocenters. The first-order chi connectivity index (χ1) is 16.1. The molecule has 0 spiro atoms. The highest BCUT2D eigenvalue weighted by Crippen LogP contribution is 2.36. The summed E-state index contributed by atoms with van der Waals surface area (Å²) in [6.45, 7) is 9.04. The summed E-state index contributed by atoms with van der Waals surface area (Å²) >= 11 is 0. The zero-order valence-corrected chi connectivity index (χ0v) is 19.2. The fraction of sp³-hybridized carbons (Fsp3) is 0.346. The van der Waals surface area contributed by atoms with Crippen LogP contribution in [-0.2, 0) is 0 Å². The second-order valence-corrected chi connectivity index (χ2v) is 8.64. The van der Waals surface area contributed by atoms with Gasteiger partial charge in [-0.3, -0.25) is 4.98 Å². The van der Waals surface area contributed by atoms with E-state index in [-0.39, 0.29) is 11.5 Å². The van der Waals surface area contributed by atoms with Crippen molar-refractivity contribution in [1.29, 1.82) is 0 Å². The van der Waals surface area contributed by atoms with Crippen molar-refractivity contribution in [2.24, 2.45) is 0 Å². The van der Waals surface area contributed by atoms with E-state index in [1.54, 1.807) is 6.20 Å². The highest BCUT2D eigenvalue weighted by Gasteiger charge is 2.24. The first-order valence-corrected chi connectivity index (χ1v) is 11.5. The number of nitrogens with one attached hydrogen (secondary N) is 1. The van der Waals surface area contributed by atoms with E-state index in [9.17, 15) is 0 Å². The van der Waals surface area contributed by atoms with Crippen molar-refractivity contribution in [1.82, 2.24) is 20.3 Å². The van der Waals surface area contributed by atoms with E-state index < -0.39 is 5.82 Å². The van der Waals surface area contributed by atoms with Crippen molar-refractivity contribution in [3.63, 3.8) is 0 Å². The number of fused-ring (bicyclic) bond motifs is 2. The Balaban J connectivity index is 1.72. The molecule has 2 aromatic heterocycles. The zero-order valence-electron chi connectivity index (χ0n) is 19.2. The molecule has 3 heterocycles. The van der Waals surface area contributed by atoms with Crippen LogP contribution >= 0.6 is 0 Å². The van der Waals surface area contributed by atoms with Crippen LogP contribution in [-0.4, -0.2) is 47.2 Å². The van der Waals surface area contributed by atoms with Crippen LogP contribution < -0.4 is 15.0 Å². The molecule has 1 N–H and O–H groups in total. The third-order valence-electron chi connectivity index (χ3n) is 6.12. The van der Waals surface area contributed by atoms with Gasteiger partial charge in [0.05, 0.1) is 12.0 Å². The van der Waals surface area contributed by atoms with Gasteiger partial charge in [0.1, 0.15) is 17.0 Å². The first kappa shape index (κ1) is 21.5. The third kappa shape index (κ3) is 3.97. The molecule has 1 aliphatic heterocycles. The number of piperazine rings is 1. The molecule has 0 bridgehead atoms. The van der Waals surface area contributed by atoms with Crippen molar-refractivity contribution >= 4 is 27.5 Å². The lowest BCUT2D eigenvalue weighted by Gasteiger charge is -2.33. The number of hydrogen-bond acceptors (Lipinski definition) is 6. The number of aromatic nitrogens is 3. The van der Waals surface area contributed by atoms with Crippen LogP contribution in [0.2, 0.25) is 0 Å². The number of nitrogens with zero attached hydrogens (tertiary/aromatic N) is 4. The molecule has 1 saturated heterocycles. The maximum Gasteiger partial charge on any atom is 0.319 e. The number of pyridine rings is 1. The lowest BCUT2D eigenvalue weighted by atomic mass is 9.97. The molecule has 7 heteroatoms. The number of ether oxygens (including phenoxy) is 1. The summed E-state index contributed by atoms with van der Waals surface area (Å²) < 4.78 is 21.9. The van der Waals surface area contributed by atoms with Crippen LogP contribution in [0, 0.1) is 12.7 Å². The molecule has 170 valence electrons. The van der Waals surface area contributed by atoms with Crippen molar-refractivity contribution < 1.29 is 9.13 Å². The van der Waals surface area contributed by atoms with Gasteiger partial charge in [-0.25, -0.2) is 4.39 Å². The van der Waals surface area contributed by atoms with E-state index >= 15 is 4.39 Å². The van der Waals surface area contributed by atoms with Crippen LogP contribution in [0.4, 0.5) is 10.2 Å². The Kier molecular flexibility index (Phi) is 5.81. The Morgan fingerprint density at radius 1 is 1.18 bits per heavy atom. The molecule has 0 radical (unpaired) electrons. The number of halogens is 1. The average Bonchev–Trinajstić information content (AvgIpc) is 2.83. The Bertz CT molecular complexity index is 1320. The van der Waals surface area contributed by atoms with Gasteiger partial charge in [0.15, 0.2) is 5.82 Å². The largest absolute Gasteiger partial charge is 0.463 e. The van der Waals surface area contributed by atoms with E-state index in [0.29, 0.717) is 29.5 Å². The lowest BCUT2D eigenvalue weighted by Crippen LogP contribution is -2.49. The highest BCUT2D eigenvalue weighted by atomic mass is 19.1. The number of rotatable bonds is 5. The van der Waals surface area contributed by atoms with E-state index in [0.717, 1.165) is 48.0 Å². The molecule has 5 rings (SSSR count). The van der Waals surface area contributed by atoms with Gasteiger partial charge in [-0.2, -0.15) is 9.97 Å². The van der Waals surface area contributed by atoms with Gasteiger partial charge in [-0.05, 0) is 36.6 Å². The molecule has 1 fully saturated rings. The molecule has 0 aliphatic carbocycles. The Hall–Kier alpha value is -3.32. The molecule has 2 aromatic carbocycles. The number of aryl methyl sites for hydroxylation is 1. The molecule has 33 heavy (non-hydrogen) atoms. The summed E-state index contributed by atoms with van der Waals surface area (Å²) in [5.41, 5.74) is 2.38. The van der Waals surface area contributed by atoms with Crippen LogP contribution in [0.5, 0.6) is 6.01 Å². The van der Waals surface area contributed by atoms with Crippen molar-refractivity contribution in [3.05, 3.63) is 54.0 Å². The smallest absolute Gasteiger partial charge is 0.319 e. The average molecular weight is 446 g/mol. The summed E-state index contributed by atoms with van der Waals surface area (Å²) in [4.78, 5) is 15.9. The maximum absolute atomic E-state index is 16.1. The SMILES string of the molecule is CCCOc1nc(N2CCN[C@@H](C)C2)c2cnc(-c3cccc4cccc(C)c34)c(F)c2n1. The lowest BCUT2D eigenvalue weighted by molar-refractivity contribution is 0.293. The van der Waals surface area contributed by atoms with E-state index in [1.807, 2.05) is 50.2 Å².